The molecule has 2 aromatic rings. The van der Waals surface area contributed by atoms with Gasteiger partial charge in [-0.3, -0.25) is 4.79 Å². The van der Waals surface area contributed by atoms with E-state index in [1.807, 2.05) is 19.1 Å². The van der Waals surface area contributed by atoms with Gasteiger partial charge in [-0.2, -0.15) is 0 Å². The van der Waals surface area contributed by atoms with Gasteiger partial charge in [0.15, 0.2) is 6.10 Å². The molecule has 0 aliphatic heterocycles. The van der Waals surface area contributed by atoms with E-state index in [0.29, 0.717) is 23.9 Å². The molecule has 2 aromatic carbocycles. The molecule has 1 N–H and O–H groups in total. The van der Waals surface area contributed by atoms with Crippen LogP contribution in [0.3, 0.4) is 0 Å². The highest BCUT2D eigenvalue weighted by molar-refractivity contribution is 6.30. The normalized spacial score (nSPS) is 11.6. The third-order valence-electron chi connectivity index (χ3n) is 3.67. The molecule has 0 heterocycles. The lowest BCUT2D eigenvalue weighted by atomic mass is 10.1. The highest BCUT2D eigenvalue weighted by atomic mass is 35.5. The number of amides is 1. The Kier molecular flexibility index (Phi) is 7.61. The molecule has 4 nitrogen and oxygen atoms in total. The summed E-state index contributed by atoms with van der Waals surface area (Å²) < 4.78 is 11.0. The van der Waals surface area contributed by atoms with E-state index in [1.54, 1.807) is 31.2 Å². The summed E-state index contributed by atoms with van der Waals surface area (Å²) in [6.07, 6.45) is 1.22. The number of carbonyl (C=O) groups excluding carboxylic acids is 1. The van der Waals surface area contributed by atoms with Crippen LogP contribution in [0, 0.1) is 0 Å². The first-order valence-electron chi connectivity index (χ1n) is 8.50. The van der Waals surface area contributed by atoms with Crippen LogP contribution >= 0.6 is 11.6 Å². The largest absolute Gasteiger partial charge is 0.494 e. The summed E-state index contributed by atoms with van der Waals surface area (Å²) >= 11 is 5.83. The standard InChI is InChI=1S/C20H24ClNO3/c1-3-24-18-10-6-16(7-11-18)5-4-14-22-20(23)15(2)25-19-12-8-17(21)9-13-19/h6-13,15H,3-5,14H2,1-2H3,(H,22,23)/t15-/m1/s1. The highest BCUT2D eigenvalue weighted by Gasteiger charge is 2.13. The summed E-state index contributed by atoms with van der Waals surface area (Å²) in [5.41, 5.74) is 1.23. The van der Waals surface area contributed by atoms with Crippen LogP contribution in [0.5, 0.6) is 11.5 Å². The predicted octanol–water partition coefficient (Wildman–Crippen LogP) is 4.26. The zero-order valence-electron chi connectivity index (χ0n) is 14.6. The van der Waals surface area contributed by atoms with E-state index in [0.717, 1.165) is 18.6 Å². The highest BCUT2D eigenvalue weighted by Crippen LogP contribution is 2.17. The molecule has 0 fully saturated rings. The Balaban J connectivity index is 1.68. The van der Waals surface area contributed by atoms with E-state index in [9.17, 15) is 4.79 Å². The number of hydrogen-bond donors (Lipinski definition) is 1. The summed E-state index contributed by atoms with van der Waals surface area (Å²) in [5, 5.41) is 3.54. The smallest absolute Gasteiger partial charge is 0.260 e. The second-order valence-electron chi connectivity index (χ2n) is 5.69. The molecule has 0 aliphatic rings. The molecule has 0 unspecified atom stereocenters. The van der Waals surface area contributed by atoms with Crippen molar-refractivity contribution in [3.05, 3.63) is 59.1 Å². The van der Waals surface area contributed by atoms with Gasteiger partial charge in [0.1, 0.15) is 11.5 Å². The first-order valence-corrected chi connectivity index (χ1v) is 8.88. The molecule has 0 saturated heterocycles. The van der Waals surface area contributed by atoms with Crippen LogP contribution in [0.15, 0.2) is 48.5 Å². The van der Waals surface area contributed by atoms with E-state index in [2.05, 4.69) is 17.4 Å². The van der Waals surface area contributed by atoms with Crippen molar-refractivity contribution in [2.24, 2.45) is 0 Å². The summed E-state index contributed by atoms with van der Waals surface area (Å²) in [7, 11) is 0. The van der Waals surface area contributed by atoms with Crippen LogP contribution in [-0.2, 0) is 11.2 Å². The van der Waals surface area contributed by atoms with Crippen LogP contribution in [0.25, 0.3) is 0 Å². The van der Waals surface area contributed by atoms with E-state index in [-0.39, 0.29) is 5.91 Å². The molecule has 25 heavy (non-hydrogen) atoms. The molecule has 0 spiro atoms. The van der Waals surface area contributed by atoms with Crippen molar-refractivity contribution in [3.8, 4) is 11.5 Å². The lowest BCUT2D eigenvalue weighted by molar-refractivity contribution is -0.127. The van der Waals surface area contributed by atoms with E-state index >= 15 is 0 Å². The quantitative estimate of drug-likeness (QED) is 0.679. The Morgan fingerprint density at radius 2 is 1.72 bits per heavy atom. The zero-order valence-corrected chi connectivity index (χ0v) is 15.4. The number of rotatable bonds is 9. The van der Waals surface area contributed by atoms with Gasteiger partial charge in [0, 0.05) is 11.6 Å². The predicted molar refractivity (Wildman–Crippen MR) is 100 cm³/mol. The average Bonchev–Trinajstić information content (AvgIpc) is 2.62. The van der Waals surface area contributed by atoms with E-state index in [1.165, 1.54) is 5.56 Å². The van der Waals surface area contributed by atoms with Crippen molar-refractivity contribution in [3.63, 3.8) is 0 Å². The Hall–Kier alpha value is -2.20. The van der Waals surface area contributed by atoms with Crippen LogP contribution in [0.4, 0.5) is 0 Å². The lowest BCUT2D eigenvalue weighted by Gasteiger charge is -2.14. The molecular formula is C20H24ClNO3. The van der Waals surface area contributed by atoms with Gasteiger partial charge in [0.2, 0.25) is 0 Å². The van der Waals surface area contributed by atoms with Crippen molar-refractivity contribution in [2.45, 2.75) is 32.8 Å². The van der Waals surface area contributed by atoms with Crippen LogP contribution in [0.2, 0.25) is 5.02 Å². The van der Waals surface area contributed by atoms with Crippen molar-refractivity contribution >= 4 is 17.5 Å². The minimum atomic E-state index is -0.549. The summed E-state index contributed by atoms with van der Waals surface area (Å²) in [6, 6.07) is 15.0. The molecule has 5 heteroatoms. The number of aryl methyl sites for hydroxylation is 1. The van der Waals surface area contributed by atoms with Gasteiger partial charge in [0.05, 0.1) is 6.61 Å². The van der Waals surface area contributed by atoms with Gasteiger partial charge in [-0.05, 0) is 68.7 Å². The molecule has 0 bridgehead atoms. The maximum absolute atomic E-state index is 12.1. The molecule has 0 radical (unpaired) electrons. The fourth-order valence-electron chi connectivity index (χ4n) is 2.34. The number of benzene rings is 2. The van der Waals surface area contributed by atoms with Crippen molar-refractivity contribution < 1.29 is 14.3 Å². The SMILES string of the molecule is CCOc1ccc(CCCNC(=O)[C@@H](C)Oc2ccc(Cl)cc2)cc1. The maximum Gasteiger partial charge on any atom is 0.260 e. The maximum atomic E-state index is 12.1. The minimum Gasteiger partial charge on any atom is -0.494 e. The average molecular weight is 362 g/mol. The number of carbonyl (C=O) groups is 1. The molecule has 1 atom stereocenters. The monoisotopic (exact) mass is 361 g/mol. The Labute approximate surface area is 154 Å². The Morgan fingerprint density at radius 1 is 1.08 bits per heavy atom. The molecule has 0 aliphatic carbocycles. The van der Waals surface area contributed by atoms with E-state index < -0.39 is 6.10 Å². The molecule has 0 aromatic heterocycles. The third-order valence-corrected chi connectivity index (χ3v) is 3.92. The molecule has 134 valence electrons. The zero-order chi connectivity index (χ0) is 18.1. The van der Waals surface area contributed by atoms with E-state index in [4.69, 9.17) is 21.1 Å². The molecule has 2 rings (SSSR count). The topological polar surface area (TPSA) is 47.6 Å². The third kappa shape index (κ3) is 6.67. The second kappa shape index (κ2) is 9.94. The van der Waals surface area contributed by atoms with Gasteiger partial charge < -0.3 is 14.8 Å². The van der Waals surface area contributed by atoms with Crippen LogP contribution < -0.4 is 14.8 Å². The van der Waals surface area contributed by atoms with Crippen molar-refractivity contribution in [1.29, 1.82) is 0 Å². The number of ether oxygens (including phenoxy) is 2. The minimum absolute atomic E-state index is 0.123. The van der Waals surface area contributed by atoms with Gasteiger partial charge in [-0.25, -0.2) is 0 Å². The van der Waals surface area contributed by atoms with Crippen molar-refractivity contribution in [1.82, 2.24) is 5.32 Å². The fraction of sp³-hybridized carbons (Fsp3) is 0.350. The Morgan fingerprint density at radius 3 is 2.36 bits per heavy atom. The first-order chi connectivity index (χ1) is 12.1. The fourth-order valence-corrected chi connectivity index (χ4v) is 2.46. The van der Waals surface area contributed by atoms with Gasteiger partial charge in [0.25, 0.3) is 5.91 Å². The first kappa shape index (κ1) is 19.1. The summed E-state index contributed by atoms with van der Waals surface area (Å²) in [6.45, 7) is 4.98. The second-order valence-corrected chi connectivity index (χ2v) is 6.12. The van der Waals surface area contributed by atoms with Crippen LogP contribution in [0.1, 0.15) is 25.8 Å². The van der Waals surface area contributed by atoms with Crippen LogP contribution in [-0.4, -0.2) is 25.2 Å². The lowest BCUT2D eigenvalue weighted by Crippen LogP contribution is -2.36. The molecular weight excluding hydrogens is 338 g/mol. The number of nitrogens with one attached hydrogen (secondary N) is 1. The number of halogens is 1. The Bertz CT molecular complexity index is 656. The number of hydrogen-bond acceptors (Lipinski definition) is 3. The summed E-state index contributed by atoms with van der Waals surface area (Å²) in [5.74, 6) is 1.39. The van der Waals surface area contributed by atoms with Crippen molar-refractivity contribution in [2.75, 3.05) is 13.2 Å². The molecule has 1 amide bonds. The van der Waals surface area contributed by atoms with Gasteiger partial charge in [-0.1, -0.05) is 23.7 Å². The summed E-state index contributed by atoms with van der Waals surface area (Å²) in [4.78, 5) is 12.1. The van der Waals surface area contributed by atoms with Gasteiger partial charge >= 0.3 is 0 Å². The van der Waals surface area contributed by atoms with Gasteiger partial charge in [-0.15, -0.1) is 0 Å². The molecule has 0 saturated carbocycles.